The first-order chi connectivity index (χ1) is 13.1. The molecule has 0 aliphatic carbocycles. The molecule has 0 bridgehead atoms. The quantitative estimate of drug-likeness (QED) is 0.318. The zero-order valence-electron chi connectivity index (χ0n) is 15.3. The van der Waals surface area contributed by atoms with E-state index in [1.54, 1.807) is 17.7 Å². The van der Waals surface area contributed by atoms with Crippen molar-refractivity contribution in [3.63, 3.8) is 0 Å². The number of nitrogens with two attached hydrogens (primary N) is 1. The number of unbranched alkanes of at least 4 members (excludes halogenated alkanes) is 3. The summed E-state index contributed by atoms with van der Waals surface area (Å²) in [5, 5.41) is 8.43. The molecule has 0 aliphatic heterocycles. The summed E-state index contributed by atoms with van der Waals surface area (Å²) in [6, 6.07) is 8.34. The number of aromatic nitrogens is 1. The van der Waals surface area contributed by atoms with Crippen LogP contribution in [0, 0.1) is 5.82 Å². The van der Waals surface area contributed by atoms with Gasteiger partial charge in [0.2, 0.25) is 5.91 Å². The van der Waals surface area contributed by atoms with Crippen LogP contribution in [0.4, 0.5) is 10.2 Å². The molecule has 146 valence electrons. The van der Waals surface area contributed by atoms with Gasteiger partial charge in [-0.25, -0.2) is 14.9 Å². The minimum absolute atomic E-state index is 0.257. The third kappa shape index (κ3) is 7.62. The van der Waals surface area contributed by atoms with Crippen LogP contribution in [-0.2, 0) is 17.6 Å². The van der Waals surface area contributed by atoms with Crippen molar-refractivity contribution in [3.05, 3.63) is 53.5 Å². The van der Waals surface area contributed by atoms with E-state index < -0.39 is 0 Å². The Morgan fingerprint density at radius 3 is 2.74 bits per heavy atom. The standard InChI is InChI=1S/C20H26FN3O3/c21-17-8-5-7-15(12-17)10-11-27-18-13-16(14-23-20(18)22)6-3-1-2-4-9-19(25)24-26/h5,7-8,12-14,26H,1-4,6,9-11H2,(H2,22,23)(H,24,25). The summed E-state index contributed by atoms with van der Waals surface area (Å²) in [5.74, 6) is 0.280. The predicted molar refractivity (Wildman–Crippen MR) is 101 cm³/mol. The molecule has 6 nitrogen and oxygen atoms in total. The van der Waals surface area contributed by atoms with Crippen LogP contribution in [0.1, 0.15) is 43.2 Å². The number of nitrogen functional groups attached to an aromatic ring is 1. The van der Waals surface area contributed by atoms with Gasteiger partial charge in [0.05, 0.1) is 6.61 Å². The number of carbonyl (C=O) groups excluding carboxylic acids is 1. The molecule has 4 N–H and O–H groups in total. The van der Waals surface area contributed by atoms with E-state index in [9.17, 15) is 9.18 Å². The van der Waals surface area contributed by atoms with Gasteiger partial charge in [-0.2, -0.15) is 0 Å². The van der Waals surface area contributed by atoms with Crippen LogP contribution in [0.3, 0.4) is 0 Å². The van der Waals surface area contributed by atoms with Gasteiger partial charge in [-0.15, -0.1) is 0 Å². The Hall–Kier alpha value is -2.67. The molecule has 0 spiro atoms. The summed E-state index contributed by atoms with van der Waals surface area (Å²) in [4.78, 5) is 15.1. The zero-order chi connectivity index (χ0) is 19.5. The Bertz CT molecular complexity index is 740. The molecule has 0 fully saturated rings. The summed E-state index contributed by atoms with van der Waals surface area (Å²) in [6.07, 6.45) is 7.14. The van der Waals surface area contributed by atoms with Gasteiger partial charge >= 0.3 is 0 Å². The predicted octanol–water partition coefficient (Wildman–Crippen LogP) is 3.42. The number of nitrogens with one attached hydrogen (secondary N) is 1. The summed E-state index contributed by atoms with van der Waals surface area (Å²) in [7, 11) is 0. The molecule has 27 heavy (non-hydrogen) atoms. The van der Waals surface area contributed by atoms with Gasteiger partial charge in [-0.3, -0.25) is 10.0 Å². The fourth-order valence-electron chi connectivity index (χ4n) is 2.74. The maximum atomic E-state index is 13.2. The third-order valence-electron chi connectivity index (χ3n) is 4.22. The first-order valence-electron chi connectivity index (χ1n) is 9.13. The second kappa shape index (κ2) is 11.1. The van der Waals surface area contributed by atoms with E-state index in [4.69, 9.17) is 15.7 Å². The molecule has 7 heteroatoms. The van der Waals surface area contributed by atoms with E-state index in [2.05, 4.69) is 4.98 Å². The van der Waals surface area contributed by atoms with Crippen molar-refractivity contribution in [3.8, 4) is 5.75 Å². The first-order valence-corrected chi connectivity index (χ1v) is 9.13. The number of halogens is 1. The molecule has 2 aromatic rings. The highest BCUT2D eigenvalue weighted by molar-refractivity contribution is 5.74. The van der Waals surface area contributed by atoms with Crippen LogP contribution in [0.5, 0.6) is 5.75 Å². The number of amides is 1. The van der Waals surface area contributed by atoms with Crippen LogP contribution >= 0.6 is 0 Å². The van der Waals surface area contributed by atoms with Crippen molar-refractivity contribution >= 4 is 11.7 Å². The van der Waals surface area contributed by atoms with Crippen LogP contribution < -0.4 is 16.0 Å². The number of pyridine rings is 1. The van der Waals surface area contributed by atoms with E-state index in [1.807, 2.05) is 12.1 Å². The Kier molecular flexibility index (Phi) is 8.51. The largest absolute Gasteiger partial charge is 0.489 e. The van der Waals surface area contributed by atoms with Crippen molar-refractivity contribution in [1.82, 2.24) is 10.5 Å². The highest BCUT2D eigenvalue weighted by atomic mass is 19.1. The molecule has 0 saturated heterocycles. The van der Waals surface area contributed by atoms with E-state index in [0.29, 0.717) is 31.0 Å². The minimum Gasteiger partial charge on any atom is -0.489 e. The lowest BCUT2D eigenvalue weighted by Gasteiger charge is -2.10. The lowest BCUT2D eigenvalue weighted by molar-refractivity contribution is -0.129. The Morgan fingerprint density at radius 1 is 1.15 bits per heavy atom. The Labute approximate surface area is 158 Å². The van der Waals surface area contributed by atoms with Crippen LogP contribution in [0.15, 0.2) is 36.5 Å². The van der Waals surface area contributed by atoms with Crippen molar-refractivity contribution in [2.75, 3.05) is 12.3 Å². The molecule has 1 aromatic heterocycles. The van der Waals surface area contributed by atoms with Crippen LogP contribution in [-0.4, -0.2) is 22.7 Å². The maximum Gasteiger partial charge on any atom is 0.243 e. The average molecular weight is 375 g/mol. The fourth-order valence-corrected chi connectivity index (χ4v) is 2.74. The topological polar surface area (TPSA) is 97.5 Å². The van der Waals surface area contributed by atoms with Gasteiger partial charge in [0.25, 0.3) is 0 Å². The molecule has 1 aromatic carbocycles. The second-order valence-electron chi connectivity index (χ2n) is 6.40. The Morgan fingerprint density at radius 2 is 1.96 bits per heavy atom. The first kappa shape index (κ1) is 20.6. The smallest absolute Gasteiger partial charge is 0.243 e. The third-order valence-corrected chi connectivity index (χ3v) is 4.22. The zero-order valence-corrected chi connectivity index (χ0v) is 15.3. The van der Waals surface area contributed by atoms with Gasteiger partial charge in [-0.1, -0.05) is 25.0 Å². The second-order valence-corrected chi connectivity index (χ2v) is 6.40. The molecular weight excluding hydrogens is 349 g/mol. The van der Waals surface area contributed by atoms with E-state index in [0.717, 1.165) is 43.2 Å². The number of anilines is 1. The number of carbonyl (C=O) groups is 1. The van der Waals surface area contributed by atoms with Gasteiger partial charge in [-0.05, 0) is 48.6 Å². The van der Waals surface area contributed by atoms with E-state index >= 15 is 0 Å². The van der Waals surface area contributed by atoms with Crippen LogP contribution in [0.25, 0.3) is 0 Å². The molecule has 1 heterocycles. The number of nitrogens with zero attached hydrogens (tertiary/aromatic N) is 1. The normalized spacial score (nSPS) is 10.6. The van der Waals surface area contributed by atoms with Crippen molar-refractivity contribution in [2.24, 2.45) is 0 Å². The van der Waals surface area contributed by atoms with Crippen molar-refractivity contribution in [2.45, 2.75) is 44.9 Å². The monoisotopic (exact) mass is 375 g/mol. The maximum absolute atomic E-state index is 13.2. The SMILES string of the molecule is Nc1ncc(CCCCCCC(=O)NO)cc1OCCc1cccc(F)c1. The molecule has 2 rings (SSSR count). The minimum atomic E-state index is -0.349. The summed E-state index contributed by atoms with van der Waals surface area (Å²) in [6.45, 7) is 0.395. The summed E-state index contributed by atoms with van der Waals surface area (Å²) < 4.78 is 18.9. The number of rotatable bonds is 11. The molecule has 0 saturated carbocycles. The average Bonchev–Trinajstić information content (AvgIpc) is 2.66. The van der Waals surface area contributed by atoms with Gasteiger partial charge in [0.15, 0.2) is 11.6 Å². The fraction of sp³-hybridized carbons (Fsp3) is 0.400. The highest BCUT2D eigenvalue weighted by Crippen LogP contribution is 2.21. The molecule has 0 radical (unpaired) electrons. The van der Waals surface area contributed by atoms with E-state index in [1.165, 1.54) is 12.1 Å². The van der Waals surface area contributed by atoms with Gasteiger partial charge in [0.1, 0.15) is 5.82 Å². The van der Waals surface area contributed by atoms with Gasteiger partial charge < -0.3 is 10.5 Å². The molecule has 1 amide bonds. The van der Waals surface area contributed by atoms with Crippen LogP contribution in [0.2, 0.25) is 0 Å². The van der Waals surface area contributed by atoms with E-state index in [-0.39, 0.29) is 11.7 Å². The van der Waals surface area contributed by atoms with Crippen molar-refractivity contribution in [1.29, 1.82) is 0 Å². The number of hydroxylamine groups is 1. The number of hydrogen-bond acceptors (Lipinski definition) is 5. The Balaban J connectivity index is 1.73. The lowest BCUT2D eigenvalue weighted by Crippen LogP contribution is -2.17. The summed E-state index contributed by atoms with van der Waals surface area (Å²) >= 11 is 0. The molecule has 0 aliphatic rings. The van der Waals surface area contributed by atoms with Crippen molar-refractivity contribution < 1.29 is 19.1 Å². The number of benzene rings is 1. The lowest BCUT2D eigenvalue weighted by atomic mass is 10.1. The highest BCUT2D eigenvalue weighted by Gasteiger charge is 2.05. The molecule has 0 unspecified atom stereocenters. The molecular formula is C20H26FN3O3. The summed E-state index contributed by atoms with van der Waals surface area (Å²) in [5.41, 5.74) is 9.41. The molecule has 0 atom stereocenters. The number of aryl methyl sites for hydroxylation is 1. The number of hydrogen-bond donors (Lipinski definition) is 3. The number of ether oxygens (including phenoxy) is 1. The van der Waals surface area contributed by atoms with Gasteiger partial charge in [0, 0.05) is 19.0 Å².